The average molecular weight is 474 g/mol. The third kappa shape index (κ3) is 4.80. The zero-order chi connectivity index (χ0) is 24.6. The fourth-order valence-corrected chi connectivity index (χ4v) is 8.53. The molecule has 4 unspecified atom stereocenters. The van der Waals surface area contributed by atoms with Crippen molar-refractivity contribution in [3.05, 3.63) is 64.2 Å². The Morgan fingerprint density at radius 2 is 1.83 bits per heavy atom. The van der Waals surface area contributed by atoms with Crippen LogP contribution in [-0.2, 0) is 19.4 Å². The van der Waals surface area contributed by atoms with E-state index >= 15 is 0 Å². The molecule has 5 rings (SSSR count). The molecule has 3 aliphatic carbocycles. The molecule has 0 bridgehead atoms. The number of nitrogens with zero attached hydrogens (tertiary/aromatic N) is 1. The Kier molecular flexibility index (Phi) is 7.31. The maximum Gasteiger partial charge on any atom is 0.115 e. The van der Waals surface area contributed by atoms with E-state index in [0.717, 1.165) is 49.7 Å². The van der Waals surface area contributed by atoms with Crippen molar-refractivity contribution >= 4 is 0 Å². The summed E-state index contributed by atoms with van der Waals surface area (Å²) in [6.07, 6.45) is 12.1. The van der Waals surface area contributed by atoms with Crippen molar-refractivity contribution in [1.29, 1.82) is 0 Å². The maximum absolute atomic E-state index is 9.96. The summed E-state index contributed by atoms with van der Waals surface area (Å²) in [6.45, 7) is 12.8. The molecule has 1 N–H and O–H groups in total. The van der Waals surface area contributed by atoms with Gasteiger partial charge in [0.1, 0.15) is 5.75 Å². The van der Waals surface area contributed by atoms with Gasteiger partial charge in [-0.25, -0.2) is 0 Å². The van der Waals surface area contributed by atoms with Gasteiger partial charge in [0.25, 0.3) is 0 Å². The van der Waals surface area contributed by atoms with E-state index in [-0.39, 0.29) is 0 Å². The molecule has 0 heterocycles. The minimum Gasteiger partial charge on any atom is -0.508 e. The topological polar surface area (TPSA) is 23.5 Å². The highest BCUT2D eigenvalue weighted by molar-refractivity contribution is 5.40. The monoisotopic (exact) mass is 473 g/mol. The Morgan fingerprint density at radius 3 is 2.60 bits per heavy atom. The van der Waals surface area contributed by atoms with Crippen molar-refractivity contribution in [2.75, 3.05) is 13.1 Å². The summed E-state index contributed by atoms with van der Waals surface area (Å²) in [5.74, 6) is 3.83. The first kappa shape index (κ1) is 24.9. The standard InChI is InChI=1S/C33H47NO/c1-5-34(6-2)22-24-10-11-25(23(3)20-24)8-7-9-27-13-17-32-31-15-12-26-21-28(35)14-16-29(26)30(31)18-19-33(27,32)4/h10-11,14,16,20-21,27,30-32,35H,5-9,12-13,15,17-19,22H2,1-4H3/t27-,30?,31?,32?,33?/m0/s1. The SMILES string of the molecule is CCN(CC)Cc1ccc(CCC[C@H]2CCC3C4CCc5cc(O)ccc5C4CCC32C)c(C)c1. The molecule has 2 aromatic rings. The highest BCUT2D eigenvalue weighted by Gasteiger charge is 2.54. The number of aromatic hydroxyl groups is 1. The second kappa shape index (κ2) is 10.3. The van der Waals surface area contributed by atoms with Crippen LogP contribution in [0.2, 0.25) is 0 Å². The van der Waals surface area contributed by atoms with Crippen LogP contribution in [0.4, 0.5) is 0 Å². The molecule has 2 heteroatoms. The minimum absolute atomic E-state index is 0.442. The van der Waals surface area contributed by atoms with E-state index in [2.05, 4.69) is 56.9 Å². The van der Waals surface area contributed by atoms with Crippen molar-refractivity contribution in [3.8, 4) is 5.75 Å². The molecule has 0 aromatic heterocycles. The van der Waals surface area contributed by atoms with Gasteiger partial charge in [0, 0.05) is 6.54 Å². The highest BCUT2D eigenvalue weighted by atomic mass is 16.3. The summed E-state index contributed by atoms with van der Waals surface area (Å²) in [7, 11) is 0. The van der Waals surface area contributed by atoms with E-state index < -0.39 is 0 Å². The van der Waals surface area contributed by atoms with Gasteiger partial charge in [0.15, 0.2) is 0 Å². The number of fused-ring (bicyclic) bond motifs is 5. The molecule has 0 spiro atoms. The van der Waals surface area contributed by atoms with Crippen LogP contribution in [0.1, 0.15) is 99.5 Å². The van der Waals surface area contributed by atoms with Gasteiger partial charge < -0.3 is 5.11 Å². The first-order valence-electron chi connectivity index (χ1n) is 14.6. The summed E-state index contributed by atoms with van der Waals surface area (Å²) >= 11 is 0. The maximum atomic E-state index is 9.96. The Labute approximate surface area is 214 Å². The molecule has 0 saturated heterocycles. The Hall–Kier alpha value is -1.80. The molecule has 5 atom stereocenters. The average Bonchev–Trinajstić information content (AvgIpc) is 3.19. The molecule has 35 heavy (non-hydrogen) atoms. The molecular weight excluding hydrogens is 426 g/mol. The van der Waals surface area contributed by atoms with Crippen LogP contribution in [0.5, 0.6) is 5.75 Å². The van der Waals surface area contributed by atoms with Gasteiger partial charge in [-0.05, 0) is 147 Å². The third-order valence-electron chi connectivity index (χ3n) is 10.6. The van der Waals surface area contributed by atoms with Crippen LogP contribution in [0.25, 0.3) is 0 Å². The van der Waals surface area contributed by atoms with Gasteiger partial charge in [-0.2, -0.15) is 0 Å². The van der Waals surface area contributed by atoms with Crippen molar-refractivity contribution in [1.82, 2.24) is 4.90 Å². The van der Waals surface area contributed by atoms with Crippen LogP contribution in [-0.4, -0.2) is 23.1 Å². The van der Waals surface area contributed by atoms with Crippen LogP contribution in [0.3, 0.4) is 0 Å². The Balaban J connectivity index is 1.19. The Bertz CT molecular complexity index is 1020. The van der Waals surface area contributed by atoms with Crippen LogP contribution in [0.15, 0.2) is 36.4 Å². The third-order valence-corrected chi connectivity index (χ3v) is 10.6. The fraction of sp³-hybridized carbons (Fsp3) is 0.636. The van der Waals surface area contributed by atoms with E-state index in [4.69, 9.17) is 0 Å². The molecule has 0 radical (unpaired) electrons. The quantitative estimate of drug-likeness (QED) is 0.419. The van der Waals surface area contributed by atoms with E-state index in [1.807, 2.05) is 12.1 Å². The number of benzene rings is 2. The first-order chi connectivity index (χ1) is 16.9. The van der Waals surface area contributed by atoms with Crippen molar-refractivity contribution in [2.45, 2.75) is 97.9 Å². The number of hydrogen-bond acceptors (Lipinski definition) is 2. The molecule has 3 aliphatic rings. The van der Waals surface area contributed by atoms with Gasteiger partial charge in [-0.15, -0.1) is 0 Å². The predicted octanol–water partition coefficient (Wildman–Crippen LogP) is 8.04. The van der Waals surface area contributed by atoms with Gasteiger partial charge >= 0.3 is 0 Å². The van der Waals surface area contributed by atoms with E-state index in [0.29, 0.717) is 11.2 Å². The smallest absolute Gasteiger partial charge is 0.115 e. The van der Waals surface area contributed by atoms with Crippen LogP contribution in [0, 0.1) is 30.1 Å². The highest BCUT2D eigenvalue weighted by Crippen LogP contribution is 2.63. The zero-order valence-corrected chi connectivity index (χ0v) is 22.7. The second-order valence-corrected chi connectivity index (χ2v) is 12.2. The lowest BCUT2D eigenvalue weighted by molar-refractivity contribution is 0.0253. The van der Waals surface area contributed by atoms with Gasteiger partial charge in [-0.1, -0.05) is 45.0 Å². The van der Waals surface area contributed by atoms with Crippen molar-refractivity contribution in [2.24, 2.45) is 23.2 Å². The van der Waals surface area contributed by atoms with Crippen molar-refractivity contribution < 1.29 is 5.11 Å². The molecule has 190 valence electrons. The molecule has 0 amide bonds. The molecule has 2 nitrogen and oxygen atoms in total. The number of rotatable bonds is 8. The zero-order valence-electron chi connectivity index (χ0n) is 22.7. The lowest BCUT2D eigenvalue weighted by atomic mass is 9.54. The largest absolute Gasteiger partial charge is 0.508 e. The minimum atomic E-state index is 0.442. The molecular formula is C33H47NO. The first-order valence-corrected chi connectivity index (χ1v) is 14.6. The van der Waals surface area contributed by atoms with Gasteiger partial charge in [0.05, 0.1) is 0 Å². The summed E-state index contributed by atoms with van der Waals surface area (Å²) in [4.78, 5) is 2.50. The summed E-state index contributed by atoms with van der Waals surface area (Å²) < 4.78 is 0. The van der Waals surface area contributed by atoms with Crippen LogP contribution >= 0.6 is 0 Å². The van der Waals surface area contributed by atoms with E-state index in [1.165, 1.54) is 68.1 Å². The van der Waals surface area contributed by atoms with Gasteiger partial charge in [-0.3, -0.25) is 4.90 Å². The molecule has 2 fully saturated rings. The fourth-order valence-electron chi connectivity index (χ4n) is 8.53. The van der Waals surface area contributed by atoms with Crippen LogP contribution < -0.4 is 0 Å². The van der Waals surface area contributed by atoms with E-state index in [1.54, 1.807) is 11.1 Å². The number of phenolic OH excluding ortho intramolecular Hbond substituents is 1. The summed E-state index contributed by atoms with van der Waals surface area (Å²) in [6, 6.07) is 13.4. The lowest BCUT2D eigenvalue weighted by Gasteiger charge is -2.51. The second-order valence-electron chi connectivity index (χ2n) is 12.2. The summed E-state index contributed by atoms with van der Waals surface area (Å²) in [5, 5.41) is 9.96. The van der Waals surface area contributed by atoms with Gasteiger partial charge in [0.2, 0.25) is 0 Å². The van der Waals surface area contributed by atoms with Crippen molar-refractivity contribution in [3.63, 3.8) is 0 Å². The number of aryl methyl sites for hydroxylation is 3. The molecule has 2 saturated carbocycles. The predicted molar refractivity (Wildman–Crippen MR) is 147 cm³/mol. The van der Waals surface area contributed by atoms with E-state index in [9.17, 15) is 5.11 Å². The number of phenols is 1. The lowest BCUT2D eigenvalue weighted by Crippen LogP contribution is -2.42. The molecule has 2 aromatic carbocycles. The Morgan fingerprint density at radius 1 is 1.00 bits per heavy atom. The molecule has 0 aliphatic heterocycles. The normalized spacial score (nSPS) is 29.6. The summed E-state index contributed by atoms with van der Waals surface area (Å²) in [5.41, 5.74) is 8.02. The number of hydrogen-bond donors (Lipinski definition) is 1.